The molecule has 0 spiro atoms. The number of hydrogen-bond acceptors (Lipinski definition) is 4. The van der Waals surface area contributed by atoms with Crippen LogP contribution in [-0.4, -0.2) is 34.0 Å². The first-order valence-corrected chi connectivity index (χ1v) is 9.65. The monoisotopic (exact) mass is 421 g/mol. The second kappa shape index (κ2) is 8.04. The number of amides is 1. The summed E-state index contributed by atoms with van der Waals surface area (Å²) in [6.45, 7) is 0.851. The minimum absolute atomic E-state index is 0.154. The molecule has 158 valence electrons. The van der Waals surface area contributed by atoms with E-state index in [1.54, 1.807) is 11.0 Å². The first-order valence-electron chi connectivity index (χ1n) is 9.65. The number of allylic oxidation sites excluding steroid dienone is 4. The second-order valence-electron chi connectivity index (χ2n) is 7.45. The van der Waals surface area contributed by atoms with Crippen LogP contribution in [0.1, 0.15) is 58.7 Å². The van der Waals surface area contributed by atoms with Crippen molar-refractivity contribution in [2.45, 2.75) is 37.3 Å². The van der Waals surface area contributed by atoms with Crippen molar-refractivity contribution < 1.29 is 26.9 Å². The van der Waals surface area contributed by atoms with Gasteiger partial charge in [0.2, 0.25) is 5.89 Å². The fourth-order valence-electron chi connectivity index (χ4n) is 3.70. The van der Waals surface area contributed by atoms with Gasteiger partial charge in [-0.05, 0) is 55.7 Å². The molecule has 1 aromatic heterocycles. The lowest BCUT2D eigenvalue weighted by Gasteiger charge is -2.31. The Labute approximate surface area is 170 Å². The van der Waals surface area contributed by atoms with Crippen molar-refractivity contribution in [3.05, 3.63) is 71.2 Å². The van der Waals surface area contributed by atoms with Crippen molar-refractivity contribution in [3.63, 3.8) is 0 Å². The smallest absolute Gasteiger partial charge is 0.339 e. The maximum atomic E-state index is 13.1. The summed E-state index contributed by atoms with van der Waals surface area (Å²) in [5.74, 6) is -0.0492. The molecule has 30 heavy (non-hydrogen) atoms. The van der Waals surface area contributed by atoms with E-state index in [1.807, 2.05) is 0 Å². The summed E-state index contributed by atoms with van der Waals surface area (Å²) in [4.78, 5) is 18.8. The Morgan fingerprint density at radius 3 is 2.63 bits per heavy atom. The average Bonchev–Trinajstić information content (AvgIpc) is 3.24. The summed E-state index contributed by atoms with van der Waals surface area (Å²) in [5, 5.41) is 4.00. The number of likely N-dealkylation sites (tertiary alicyclic amines) is 1. The molecule has 2 aromatic rings. The molecule has 1 aromatic carbocycles. The van der Waals surface area contributed by atoms with Crippen LogP contribution in [0.25, 0.3) is 0 Å². The van der Waals surface area contributed by atoms with E-state index >= 15 is 0 Å². The van der Waals surface area contributed by atoms with Gasteiger partial charge in [0.05, 0.1) is 11.5 Å². The van der Waals surface area contributed by atoms with Crippen LogP contribution in [0.4, 0.5) is 17.6 Å². The lowest BCUT2D eigenvalue weighted by Crippen LogP contribution is -2.39. The summed E-state index contributed by atoms with van der Waals surface area (Å²) >= 11 is 0. The molecule has 5 nitrogen and oxygen atoms in total. The van der Waals surface area contributed by atoms with E-state index in [2.05, 4.69) is 10.1 Å². The van der Waals surface area contributed by atoms with Crippen LogP contribution < -0.4 is 0 Å². The Hall–Kier alpha value is -2.97. The van der Waals surface area contributed by atoms with Gasteiger partial charge in [0.1, 0.15) is 5.83 Å². The molecule has 2 heterocycles. The number of aromatic nitrogens is 2. The fourth-order valence-corrected chi connectivity index (χ4v) is 3.70. The normalized spacial score (nSPS) is 22.1. The SMILES string of the molecule is O=C(c1ccc(C(F)(F)F)cc1)N1CCC[C@H](c2nc(C3C=CC(F)=CC3)no2)C1. The highest BCUT2D eigenvalue weighted by Crippen LogP contribution is 2.31. The minimum atomic E-state index is -4.44. The molecule has 1 fully saturated rings. The predicted octanol–water partition coefficient (Wildman–Crippen LogP) is 5.01. The van der Waals surface area contributed by atoms with Crippen molar-refractivity contribution >= 4 is 5.91 Å². The molecule has 1 saturated heterocycles. The quantitative estimate of drug-likeness (QED) is 0.654. The molecule has 1 unspecified atom stereocenters. The molecule has 2 aliphatic rings. The maximum absolute atomic E-state index is 13.1. The van der Waals surface area contributed by atoms with Crippen molar-refractivity contribution in [2.75, 3.05) is 13.1 Å². The Balaban J connectivity index is 1.43. The Morgan fingerprint density at radius 1 is 1.20 bits per heavy atom. The van der Waals surface area contributed by atoms with Gasteiger partial charge in [-0.1, -0.05) is 11.2 Å². The number of alkyl halides is 3. The predicted molar refractivity (Wildman–Crippen MR) is 99.3 cm³/mol. The van der Waals surface area contributed by atoms with Gasteiger partial charge in [0.25, 0.3) is 5.91 Å². The first-order chi connectivity index (χ1) is 14.3. The van der Waals surface area contributed by atoms with Gasteiger partial charge in [-0.3, -0.25) is 4.79 Å². The van der Waals surface area contributed by atoms with Crippen LogP contribution in [0, 0.1) is 0 Å². The molecular formula is C21H19F4N3O2. The molecule has 0 radical (unpaired) electrons. The third-order valence-corrected chi connectivity index (χ3v) is 5.36. The number of halogens is 4. The van der Waals surface area contributed by atoms with Crippen LogP contribution in [0.3, 0.4) is 0 Å². The van der Waals surface area contributed by atoms with E-state index in [0.29, 0.717) is 37.6 Å². The van der Waals surface area contributed by atoms with Gasteiger partial charge in [-0.15, -0.1) is 0 Å². The summed E-state index contributed by atoms with van der Waals surface area (Å²) < 4.78 is 56.7. The molecule has 1 aliphatic carbocycles. The molecular weight excluding hydrogens is 402 g/mol. The van der Waals surface area contributed by atoms with Crippen molar-refractivity contribution in [3.8, 4) is 0 Å². The highest BCUT2D eigenvalue weighted by molar-refractivity contribution is 5.94. The standard InChI is InChI=1S/C21H19F4N3O2/c22-17-9-5-13(6-10-17)18-26-19(30-27-18)15-2-1-11-28(12-15)20(29)14-3-7-16(8-4-14)21(23,24)25/h3-5,7-10,13,15H,1-2,6,11-12H2/t13?,15-/m0/s1. The Morgan fingerprint density at radius 2 is 1.97 bits per heavy atom. The van der Waals surface area contributed by atoms with Crippen molar-refractivity contribution in [1.82, 2.24) is 15.0 Å². The largest absolute Gasteiger partial charge is 0.416 e. The fraction of sp³-hybridized carbons (Fsp3) is 0.381. The number of piperidine rings is 1. The third kappa shape index (κ3) is 4.29. The summed E-state index contributed by atoms with van der Waals surface area (Å²) in [5.41, 5.74) is -0.587. The second-order valence-corrected chi connectivity index (χ2v) is 7.45. The van der Waals surface area contributed by atoms with Crippen LogP contribution in [0.15, 0.2) is 52.8 Å². The van der Waals surface area contributed by atoms with Crippen LogP contribution in [-0.2, 0) is 6.18 Å². The highest BCUT2D eigenvalue weighted by atomic mass is 19.4. The topological polar surface area (TPSA) is 59.2 Å². The van der Waals surface area contributed by atoms with E-state index < -0.39 is 11.7 Å². The van der Waals surface area contributed by atoms with E-state index in [0.717, 1.165) is 18.6 Å². The van der Waals surface area contributed by atoms with Gasteiger partial charge < -0.3 is 9.42 Å². The average molecular weight is 421 g/mol. The van der Waals surface area contributed by atoms with Crippen molar-refractivity contribution in [1.29, 1.82) is 0 Å². The lowest BCUT2D eigenvalue weighted by molar-refractivity contribution is -0.137. The summed E-state index contributed by atoms with van der Waals surface area (Å²) in [6, 6.07) is 4.21. The minimum Gasteiger partial charge on any atom is -0.339 e. The number of carbonyl (C=O) groups excluding carboxylic acids is 1. The Kier molecular flexibility index (Phi) is 5.44. The van der Waals surface area contributed by atoms with Crippen molar-refractivity contribution in [2.24, 2.45) is 0 Å². The van der Waals surface area contributed by atoms with E-state index in [4.69, 9.17) is 4.52 Å². The molecule has 0 N–H and O–H groups in total. The Bertz CT molecular complexity index is 979. The molecule has 2 atom stereocenters. The van der Waals surface area contributed by atoms with Gasteiger partial charge in [0, 0.05) is 24.6 Å². The lowest BCUT2D eigenvalue weighted by atomic mass is 9.96. The number of hydrogen-bond donors (Lipinski definition) is 0. The zero-order valence-corrected chi connectivity index (χ0v) is 15.9. The number of benzene rings is 1. The first kappa shape index (κ1) is 20.3. The van der Waals surface area contributed by atoms with Gasteiger partial charge >= 0.3 is 6.18 Å². The zero-order chi connectivity index (χ0) is 21.3. The summed E-state index contributed by atoms with van der Waals surface area (Å²) in [7, 11) is 0. The number of nitrogens with zero attached hydrogens (tertiary/aromatic N) is 3. The molecule has 4 rings (SSSR count). The molecule has 9 heteroatoms. The maximum Gasteiger partial charge on any atom is 0.416 e. The number of rotatable bonds is 3. The zero-order valence-electron chi connectivity index (χ0n) is 15.9. The number of carbonyl (C=O) groups is 1. The van der Waals surface area contributed by atoms with E-state index in [-0.39, 0.29) is 29.1 Å². The summed E-state index contributed by atoms with van der Waals surface area (Å²) in [6.07, 6.45) is 2.00. The van der Waals surface area contributed by atoms with Gasteiger partial charge in [-0.25, -0.2) is 4.39 Å². The third-order valence-electron chi connectivity index (χ3n) is 5.36. The van der Waals surface area contributed by atoms with Gasteiger partial charge in [0.15, 0.2) is 5.82 Å². The van der Waals surface area contributed by atoms with Crippen LogP contribution in [0.2, 0.25) is 0 Å². The molecule has 0 bridgehead atoms. The van der Waals surface area contributed by atoms with Crippen LogP contribution in [0.5, 0.6) is 0 Å². The van der Waals surface area contributed by atoms with E-state index in [9.17, 15) is 22.4 Å². The van der Waals surface area contributed by atoms with Crippen LogP contribution >= 0.6 is 0 Å². The molecule has 0 saturated carbocycles. The highest BCUT2D eigenvalue weighted by Gasteiger charge is 2.32. The van der Waals surface area contributed by atoms with E-state index in [1.165, 1.54) is 24.3 Å². The van der Waals surface area contributed by atoms with Gasteiger partial charge in [-0.2, -0.15) is 18.2 Å². The molecule has 1 aliphatic heterocycles. The molecule has 1 amide bonds.